The Morgan fingerprint density at radius 2 is 2.20 bits per heavy atom. The number of carbonyl (C=O) groups excluding carboxylic acids is 2. The number of allylic oxidation sites excluding steroid dienone is 1. The molecule has 3 nitrogen and oxygen atoms in total. The van der Waals surface area contributed by atoms with Crippen LogP contribution in [-0.2, 0) is 14.3 Å². The van der Waals surface area contributed by atoms with E-state index in [0.717, 1.165) is 6.29 Å². The van der Waals surface area contributed by atoms with E-state index in [0.29, 0.717) is 6.29 Å². The normalized spacial score (nSPS) is 37.9. The van der Waals surface area contributed by atoms with E-state index in [1.54, 1.807) is 13.0 Å². The first-order valence-corrected chi connectivity index (χ1v) is 2.99. The third-order valence-corrected chi connectivity index (χ3v) is 1.49. The summed E-state index contributed by atoms with van der Waals surface area (Å²) < 4.78 is 4.94. The molecular formula is C7H8O3. The summed E-state index contributed by atoms with van der Waals surface area (Å²) in [6, 6.07) is 0. The highest BCUT2D eigenvalue weighted by Gasteiger charge is 2.50. The molecule has 0 saturated carbocycles. The summed E-state index contributed by atoms with van der Waals surface area (Å²) in [5.74, 6) is 0. The lowest BCUT2D eigenvalue weighted by Gasteiger charge is -1.85. The Bertz CT molecular complexity index is 185. The van der Waals surface area contributed by atoms with Crippen LogP contribution in [0.1, 0.15) is 6.92 Å². The van der Waals surface area contributed by atoms with Gasteiger partial charge in [0.15, 0.2) is 11.9 Å². The zero-order chi connectivity index (χ0) is 7.61. The van der Waals surface area contributed by atoms with Gasteiger partial charge in [0.2, 0.25) is 0 Å². The number of carbonyl (C=O) groups is 2. The van der Waals surface area contributed by atoms with Crippen LogP contribution in [-0.4, -0.2) is 24.3 Å². The van der Waals surface area contributed by atoms with Gasteiger partial charge in [0, 0.05) is 0 Å². The van der Waals surface area contributed by atoms with Crippen LogP contribution in [0.3, 0.4) is 0 Å². The molecule has 0 amide bonds. The average molecular weight is 140 g/mol. The van der Waals surface area contributed by atoms with Crippen molar-refractivity contribution in [1.82, 2.24) is 0 Å². The van der Waals surface area contributed by atoms with Gasteiger partial charge in [0.05, 0.1) is 0 Å². The maximum Gasteiger partial charge on any atom is 0.154 e. The highest BCUT2D eigenvalue weighted by Crippen LogP contribution is 2.34. The molecule has 1 aliphatic rings. The van der Waals surface area contributed by atoms with Crippen molar-refractivity contribution in [3.05, 3.63) is 12.2 Å². The van der Waals surface area contributed by atoms with Crippen LogP contribution in [0.4, 0.5) is 0 Å². The minimum atomic E-state index is -0.667. The SMILES string of the molecule is CC1(C=O)OC1/C=C/C=O. The molecule has 10 heavy (non-hydrogen) atoms. The Kier molecular flexibility index (Phi) is 1.68. The summed E-state index contributed by atoms with van der Waals surface area (Å²) in [5.41, 5.74) is -0.667. The molecule has 1 rings (SSSR count). The molecule has 0 spiro atoms. The number of hydrogen-bond acceptors (Lipinski definition) is 3. The predicted octanol–water partition coefficient (Wildman–Crippen LogP) is 0.0979. The topological polar surface area (TPSA) is 46.7 Å². The van der Waals surface area contributed by atoms with Gasteiger partial charge in [-0.2, -0.15) is 0 Å². The van der Waals surface area contributed by atoms with Gasteiger partial charge in [-0.25, -0.2) is 0 Å². The first-order valence-electron chi connectivity index (χ1n) is 2.99. The maximum atomic E-state index is 10.2. The van der Waals surface area contributed by atoms with Crippen molar-refractivity contribution in [2.45, 2.75) is 18.6 Å². The fraction of sp³-hybridized carbons (Fsp3) is 0.429. The number of hydrogen-bond donors (Lipinski definition) is 0. The molecule has 54 valence electrons. The molecule has 1 heterocycles. The minimum absolute atomic E-state index is 0.199. The lowest BCUT2D eigenvalue weighted by molar-refractivity contribution is -0.111. The number of aldehydes is 2. The molecule has 1 aliphatic heterocycles. The summed E-state index contributed by atoms with van der Waals surface area (Å²) in [6.07, 6.45) is 4.11. The first kappa shape index (κ1) is 7.15. The smallest absolute Gasteiger partial charge is 0.154 e. The molecule has 0 aromatic heterocycles. The zero-order valence-electron chi connectivity index (χ0n) is 5.61. The molecule has 0 N–H and O–H groups in total. The second-order valence-corrected chi connectivity index (χ2v) is 2.36. The van der Waals surface area contributed by atoms with Crippen molar-refractivity contribution >= 4 is 12.6 Å². The third-order valence-electron chi connectivity index (χ3n) is 1.49. The molecule has 1 fully saturated rings. The second kappa shape index (κ2) is 2.34. The maximum absolute atomic E-state index is 10.2. The van der Waals surface area contributed by atoms with Crippen LogP contribution in [0.15, 0.2) is 12.2 Å². The minimum Gasteiger partial charge on any atom is -0.354 e. The largest absolute Gasteiger partial charge is 0.354 e. The van der Waals surface area contributed by atoms with Crippen molar-refractivity contribution in [1.29, 1.82) is 0 Å². The molecule has 2 atom stereocenters. The Balaban J connectivity index is 2.44. The van der Waals surface area contributed by atoms with Crippen LogP contribution >= 0.6 is 0 Å². The van der Waals surface area contributed by atoms with E-state index in [-0.39, 0.29) is 6.10 Å². The van der Waals surface area contributed by atoms with Crippen molar-refractivity contribution < 1.29 is 14.3 Å². The predicted molar refractivity (Wildman–Crippen MR) is 34.5 cm³/mol. The summed E-state index contributed by atoms with van der Waals surface area (Å²) in [4.78, 5) is 20.0. The monoisotopic (exact) mass is 140 g/mol. The highest BCUT2D eigenvalue weighted by atomic mass is 16.6. The second-order valence-electron chi connectivity index (χ2n) is 2.36. The molecule has 0 aliphatic carbocycles. The van der Waals surface area contributed by atoms with Crippen LogP contribution < -0.4 is 0 Å². The molecule has 2 unspecified atom stereocenters. The van der Waals surface area contributed by atoms with Crippen molar-refractivity contribution in [3.8, 4) is 0 Å². The molecule has 3 heteroatoms. The summed E-state index contributed by atoms with van der Waals surface area (Å²) in [5, 5.41) is 0. The fourth-order valence-corrected chi connectivity index (χ4v) is 0.711. The number of ether oxygens (including phenoxy) is 1. The van der Waals surface area contributed by atoms with E-state index < -0.39 is 5.60 Å². The van der Waals surface area contributed by atoms with Gasteiger partial charge < -0.3 is 9.53 Å². The van der Waals surface area contributed by atoms with E-state index >= 15 is 0 Å². The van der Waals surface area contributed by atoms with Gasteiger partial charge in [-0.05, 0) is 19.1 Å². The molecule has 0 radical (unpaired) electrons. The molecule has 0 aromatic rings. The summed E-state index contributed by atoms with van der Waals surface area (Å²) in [7, 11) is 0. The van der Waals surface area contributed by atoms with E-state index in [2.05, 4.69) is 0 Å². The zero-order valence-corrected chi connectivity index (χ0v) is 5.61. The molecule has 1 saturated heterocycles. The fourth-order valence-electron chi connectivity index (χ4n) is 0.711. The number of rotatable bonds is 3. The first-order chi connectivity index (χ1) is 4.73. The third kappa shape index (κ3) is 1.14. The van der Waals surface area contributed by atoms with Gasteiger partial charge in [-0.3, -0.25) is 4.79 Å². The quantitative estimate of drug-likeness (QED) is 0.317. The average Bonchev–Trinajstić information content (AvgIpc) is 2.59. The van der Waals surface area contributed by atoms with Crippen LogP contribution in [0.2, 0.25) is 0 Å². The Hall–Kier alpha value is -0.960. The van der Waals surface area contributed by atoms with Crippen LogP contribution in [0.25, 0.3) is 0 Å². The lowest BCUT2D eigenvalue weighted by atomic mass is 10.1. The van der Waals surface area contributed by atoms with E-state index in [1.807, 2.05) is 0 Å². The van der Waals surface area contributed by atoms with E-state index in [4.69, 9.17) is 4.74 Å². The van der Waals surface area contributed by atoms with Gasteiger partial charge in [-0.15, -0.1) is 0 Å². The Morgan fingerprint density at radius 1 is 1.50 bits per heavy atom. The standard InChI is InChI=1S/C7H8O3/c1-7(5-9)6(10-7)3-2-4-8/h2-6H,1H3/b3-2+. The summed E-state index contributed by atoms with van der Waals surface area (Å²) in [6.45, 7) is 1.68. The van der Waals surface area contributed by atoms with Gasteiger partial charge in [0.25, 0.3) is 0 Å². The number of epoxide rings is 1. The van der Waals surface area contributed by atoms with Gasteiger partial charge in [0.1, 0.15) is 12.4 Å². The van der Waals surface area contributed by atoms with Crippen molar-refractivity contribution in [2.75, 3.05) is 0 Å². The molecular weight excluding hydrogens is 132 g/mol. The highest BCUT2D eigenvalue weighted by molar-refractivity contribution is 5.70. The summed E-state index contributed by atoms with van der Waals surface area (Å²) >= 11 is 0. The Morgan fingerprint density at radius 3 is 2.60 bits per heavy atom. The van der Waals surface area contributed by atoms with Gasteiger partial charge in [-0.1, -0.05) is 0 Å². The van der Waals surface area contributed by atoms with Gasteiger partial charge >= 0.3 is 0 Å². The Labute approximate surface area is 58.7 Å². The van der Waals surface area contributed by atoms with E-state index in [1.165, 1.54) is 6.08 Å². The van der Waals surface area contributed by atoms with Crippen LogP contribution in [0.5, 0.6) is 0 Å². The lowest BCUT2D eigenvalue weighted by Crippen LogP contribution is -2.09. The molecule has 0 aromatic carbocycles. The van der Waals surface area contributed by atoms with Crippen molar-refractivity contribution in [3.63, 3.8) is 0 Å². The molecule has 0 bridgehead atoms. The van der Waals surface area contributed by atoms with Crippen molar-refractivity contribution in [2.24, 2.45) is 0 Å². The van der Waals surface area contributed by atoms with E-state index in [9.17, 15) is 9.59 Å². The van der Waals surface area contributed by atoms with Crippen LogP contribution in [0, 0.1) is 0 Å².